The smallest absolute Gasteiger partial charge is 0.337 e. The topological polar surface area (TPSA) is 71.9 Å². The van der Waals surface area contributed by atoms with Gasteiger partial charge in [-0.1, -0.05) is 18.2 Å². The molecule has 1 aliphatic rings. The highest BCUT2D eigenvalue weighted by atomic mass is 16.5. The zero-order chi connectivity index (χ0) is 20.2. The number of hydrogen-bond donors (Lipinski definition) is 1. The van der Waals surface area contributed by atoms with E-state index in [2.05, 4.69) is 9.88 Å². The molecule has 6 heteroatoms. The van der Waals surface area contributed by atoms with Crippen molar-refractivity contribution in [3.05, 3.63) is 71.9 Å². The van der Waals surface area contributed by atoms with E-state index in [9.17, 15) is 9.90 Å². The Labute approximate surface area is 169 Å². The van der Waals surface area contributed by atoms with E-state index in [-0.39, 0.29) is 12.1 Å². The summed E-state index contributed by atoms with van der Waals surface area (Å²) in [6, 6.07) is 17.1. The number of benzene rings is 2. The maximum atomic E-state index is 11.5. The minimum Gasteiger partial charge on any atom is -0.488 e. The van der Waals surface area contributed by atoms with Gasteiger partial charge in [0.25, 0.3) is 0 Å². The van der Waals surface area contributed by atoms with Crippen molar-refractivity contribution in [3.63, 3.8) is 0 Å². The van der Waals surface area contributed by atoms with Crippen LogP contribution in [0.15, 0.2) is 60.8 Å². The van der Waals surface area contributed by atoms with Gasteiger partial charge in [0.2, 0.25) is 0 Å². The Kier molecular flexibility index (Phi) is 5.74. The molecule has 150 valence electrons. The largest absolute Gasteiger partial charge is 0.488 e. The van der Waals surface area contributed by atoms with Gasteiger partial charge in [-0.3, -0.25) is 9.88 Å². The zero-order valence-electron chi connectivity index (χ0n) is 16.3. The van der Waals surface area contributed by atoms with Crippen molar-refractivity contribution < 1.29 is 19.4 Å². The minimum absolute atomic E-state index is 0.234. The van der Waals surface area contributed by atoms with Crippen LogP contribution in [-0.2, 0) is 11.3 Å². The summed E-state index contributed by atoms with van der Waals surface area (Å²) < 4.78 is 10.8. The molecule has 0 amide bonds. The van der Waals surface area contributed by atoms with Crippen LogP contribution in [0.2, 0.25) is 0 Å². The van der Waals surface area contributed by atoms with Gasteiger partial charge >= 0.3 is 5.97 Å². The third kappa shape index (κ3) is 4.55. The van der Waals surface area contributed by atoms with E-state index in [4.69, 9.17) is 9.47 Å². The molecule has 0 unspecified atom stereocenters. The fraction of sp³-hybridized carbons (Fsp3) is 0.304. The molecule has 2 aromatic carbocycles. The number of fused-ring (bicyclic) bond motifs is 1. The minimum atomic E-state index is -0.567. The molecule has 1 aromatic heterocycles. The number of aromatic nitrogens is 1. The first kappa shape index (κ1) is 19.4. The number of β-amino-alcohol motifs (C(OH)–C–C–N with tert-alkyl or cyclic N) is 1. The predicted molar refractivity (Wildman–Crippen MR) is 110 cm³/mol. The molecule has 2 atom stereocenters. The average molecular weight is 392 g/mol. The predicted octanol–water partition coefficient (Wildman–Crippen LogP) is 3.04. The number of pyridine rings is 1. The summed E-state index contributed by atoms with van der Waals surface area (Å²) in [5.74, 6) is 0.413. The molecule has 4 rings (SSSR count). The van der Waals surface area contributed by atoms with Crippen LogP contribution in [0.1, 0.15) is 22.3 Å². The standard InChI is InChI=1S/C23H24N2O4/c1-28-23(27)17-6-4-16(5-7-17)14-25-12-10-22(21(26)15-25)29-19-8-9-20-18(13-19)3-2-11-24-20/h2-9,11,13,21-22,26H,10,12,14-15H2,1H3/t21-,22-/m1/s1. The lowest BCUT2D eigenvalue weighted by molar-refractivity contribution is -0.0274. The van der Waals surface area contributed by atoms with Crippen molar-refractivity contribution in [3.8, 4) is 5.75 Å². The first-order valence-electron chi connectivity index (χ1n) is 9.71. The van der Waals surface area contributed by atoms with E-state index in [1.165, 1.54) is 7.11 Å². The number of ether oxygens (including phenoxy) is 2. The number of rotatable bonds is 5. The highest BCUT2D eigenvalue weighted by molar-refractivity contribution is 5.89. The number of carbonyl (C=O) groups is 1. The summed E-state index contributed by atoms with van der Waals surface area (Å²) >= 11 is 0. The van der Waals surface area contributed by atoms with Crippen LogP contribution in [0.3, 0.4) is 0 Å². The van der Waals surface area contributed by atoms with Crippen LogP contribution in [0.4, 0.5) is 0 Å². The highest BCUT2D eigenvalue weighted by Gasteiger charge is 2.29. The molecule has 0 bridgehead atoms. The van der Waals surface area contributed by atoms with Gasteiger partial charge in [-0.05, 0) is 48.4 Å². The van der Waals surface area contributed by atoms with Gasteiger partial charge in [-0.2, -0.15) is 0 Å². The first-order chi connectivity index (χ1) is 14.1. The number of piperidine rings is 1. The van der Waals surface area contributed by atoms with Gasteiger partial charge in [-0.25, -0.2) is 4.79 Å². The lowest BCUT2D eigenvalue weighted by Crippen LogP contribution is -2.48. The van der Waals surface area contributed by atoms with E-state index in [1.54, 1.807) is 18.3 Å². The Bertz CT molecular complexity index is 990. The summed E-state index contributed by atoms with van der Waals surface area (Å²) in [7, 11) is 1.37. The number of nitrogens with zero attached hydrogens (tertiary/aromatic N) is 2. The zero-order valence-corrected chi connectivity index (χ0v) is 16.3. The normalized spacial score (nSPS) is 19.8. The van der Waals surface area contributed by atoms with E-state index in [1.807, 2.05) is 42.5 Å². The molecule has 0 saturated carbocycles. The molecule has 0 radical (unpaired) electrons. The Balaban J connectivity index is 1.34. The summed E-state index contributed by atoms with van der Waals surface area (Å²) in [6.45, 7) is 2.08. The second-order valence-corrected chi connectivity index (χ2v) is 7.29. The maximum Gasteiger partial charge on any atom is 0.337 e. The van der Waals surface area contributed by atoms with Crippen molar-refractivity contribution in [2.45, 2.75) is 25.2 Å². The molecule has 1 aliphatic heterocycles. The van der Waals surface area contributed by atoms with Crippen molar-refractivity contribution >= 4 is 16.9 Å². The number of aliphatic hydroxyl groups excluding tert-OH is 1. The number of likely N-dealkylation sites (tertiary alicyclic amines) is 1. The molecular weight excluding hydrogens is 368 g/mol. The van der Waals surface area contributed by atoms with Crippen molar-refractivity contribution in [2.75, 3.05) is 20.2 Å². The third-order valence-electron chi connectivity index (χ3n) is 5.25. The number of aliphatic hydroxyl groups is 1. The van der Waals surface area contributed by atoms with Gasteiger partial charge in [0, 0.05) is 31.2 Å². The van der Waals surface area contributed by atoms with Crippen LogP contribution in [0, 0.1) is 0 Å². The Hall–Kier alpha value is -2.96. The number of carbonyl (C=O) groups excluding carboxylic acids is 1. The maximum absolute atomic E-state index is 11.5. The summed E-state index contributed by atoms with van der Waals surface area (Å²) in [4.78, 5) is 18.0. The Morgan fingerprint density at radius 2 is 2.03 bits per heavy atom. The summed E-state index contributed by atoms with van der Waals surface area (Å²) in [5.41, 5.74) is 2.55. The van der Waals surface area contributed by atoms with Gasteiger partial charge in [0.15, 0.2) is 0 Å². The quantitative estimate of drug-likeness (QED) is 0.673. The summed E-state index contributed by atoms with van der Waals surface area (Å²) in [5, 5.41) is 11.6. The van der Waals surface area contributed by atoms with E-state index >= 15 is 0 Å². The van der Waals surface area contributed by atoms with Crippen molar-refractivity contribution in [1.82, 2.24) is 9.88 Å². The van der Waals surface area contributed by atoms with Crippen LogP contribution in [-0.4, -0.2) is 53.4 Å². The number of methoxy groups -OCH3 is 1. The Morgan fingerprint density at radius 1 is 1.21 bits per heavy atom. The first-order valence-corrected chi connectivity index (χ1v) is 9.71. The van der Waals surface area contributed by atoms with Crippen LogP contribution in [0.25, 0.3) is 10.9 Å². The number of hydrogen-bond acceptors (Lipinski definition) is 6. The van der Waals surface area contributed by atoms with Crippen molar-refractivity contribution in [2.24, 2.45) is 0 Å². The summed E-state index contributed by atoms with van der Waals surface area (Å²) in [6.07, 6.45) is 1.71. The average Bonchev–Trinajstić information content (AvgIpc) is 2.75. The second kappa shape index (κ2) is 8.59. The van der Waals surface area contributed by atoms with E-state index in [0.29, 0.717) is 18.7 Å². The van der Waals surface area contributed by atoms with Crippen molar-refractivity contribution in [1.29, 1.82) is 0 Å². The lowest BCUT2D eigenvalue weighted by atomic mass is 10.0. The third-order valence-corrected chi connectivity index (χ3v) is 5.25. The van der Waals surface area contributed by atoms with Gasteiger partial charge < -0.3 is 14.6 Å². The molecule has 1 saturated heterocycles. The van der Waals surface area contributed by atoms with Gasteiger partial charge in [0.1, 0.15) is 18.0 Å². The monoisotopic (exact) mass is 392 g/mol. The highest BCUT2D eigenvalue weighted by Crippen LogP contribution is 2.24. The fourth-order valence-corrected chi connectivity index (χ4v) is 3.68. The van der Waals surface area contributed by atoms with E-state index in [0.717, 1.165) is 35.2 Å². The molecule has 1 fully saturated rings. The van der Waals surface area contributed by atoms with Crippen LogP contribution in [0.5, 0.6) is 5.75 Å². The van der Waals surface area contributed by atoms with Gasteiger partial charge in [0.05, 0.1) is 18.2 Å². The molecule has 0 spiro atoms. The SMILES string of the molecule is COC(=O)c1ccc(CN2CC[C@@H](Oc3ccc4ncccc4c3)[C@H](O)C2)cc1. The molecular formula is C23H24N2O4. The van der Waals surface area contributed by atoms with Crippen LogP contribution >= 0.6 is 0 Å². The lowest BCUT2D eigenvalue weighted by Gasteiger charge is -2.36. The molecule has 6 nitrogen and oxygen atoms in total. The molecule has 29 heavy (non-hydrogen) atoms. The fourth-order valence-electron chi connectivity index (χ4n) is 3.68. The molecule has 0 aliphatic carbocycles. The second-order valence-electron chi connectivity index (χ2n) is 7.29. The van der Waals surface area contributed by atoms with Crippen LogP contribution < -0.4 is 4.74 Å². The molecule has 3 aromatic rings. The number of esters is 1. The Morgan fingerprint density at radius 3 is 2.79 bits per heavy atom. The van der Waals surface area contributed by atoms with Gasteiger partial charge in [-0.15, -0.1) is 0 Å². The molecule has 2 heterocycles. The molecule has 1 N–H and O–H groups in total. The van der Waals surface area contributed by atoms with E-state index < -0.39 is 6.10 Å².